The second-order valence-electron chi connectivity index (χ2n) is 4.46. The Kier molecular flexibility index (Phi) is 3.99. The third-order valence-electron chi connectivity index (χ3n) is 2.84. The van der Waals surface area contributed by atoms with Crippen LogP contribution in [-0.2, 0) is 0 Å². The summed E-state index contributed by atoms with van der Waals surface area (Å²) >= 11 is 0. The summed E-state index contributed by atoms with van der Waals surface area (Å²) in [5, 5.41) is 0. The topological polar surface area (TPSA) is 35.2 Å². The van der Waals surface area contributed by atoms with Crippen molar-refractivity contribution in [3.05, 3.63) is 54.1 Å². The highest BCUT2D eigenvalue weighted by atomic mass is 19.4. The molecule has 106 valence electrons. The number of ether oxygens (including phenoxy) is 1. The van der Waals surface area contributed by atoms with Crippen LogP contribution in [0.3, 0.4) is 0 Å². The first-order valence-electron chi connectivity index (χ1n) is 6.07. The van der Waals surface area contributed by atoms with Gasteiger partial charge in [-0.05, 0) is 24.1 Å². The molecule has 0 spiro atoms. The van der Waals surface area contributed by atoms with Crippen LogP contribution in [0.5, 0.6) is 5.75 Å². The molecule has 0 heterocycles. The lowest BCUT2D eigenvalue weighted by atomic mass is 10.0. The number of hydrogen-bond acceptors (Lipinski definition) is 2. The summed E-state index contributed by atoms with van der Waals surface area (Å²) in [7, 11) is 0. The number of halogens is 3. The number of rotatable bonds is 3. The highest BCUT2D eigenvalue weighted by Gasteiger charge is 2.32. The maximum absolute atomic E-state index is 12.5. The SMILES string of the molecule is C[C@@H](N)c1ccc(-c2ccccc2)c(OC(F)(F)F)c1. The zero-order valence-electron chi connectivity index (χ0n) is 10.8. The fourth-order valence-corrected chi connectivity index (χ4v) is 1.89. The Hall–Kier alpha value is -2.01. The minimum atomic E-state index is -4.74. The smallest absolute Gasteiger partial charge is 0.405 e. The van der Waals surface area contributed by atoms with Crippen LogP contribution in [0, 0.1) is 0 Å². The Balaban J connectivity index is 2.50. The summed E-state index contributed by atoms with van der Waals surface area (Å²) < 4.78 is 41.7. The summed E-state index contributed by atoms with van der Waals surface area (Å²) in [5.74, 6) is -0.237. The van der Waals surface area contributed by atoms with Gasteiger partial charge in [-0.3, -0.25) is 0 Å². The molecule has 20 heavy (non-hydrogen) atoms. The van der Waals surface area contributed by atoms with Crippen molar-refractivity contribution < 1.29 is 17.9 Å². The molecule has 2 aromatic rings. The van der Waals surface area contributed by atoms with Gasteiger partial charge in [-0.1, -0.05) is 42.5 Å². The summed E-state index contributed by atoms with van der Waals surface area (Å²) in [6.07, 6.45) is -4.74. The molecular formula is C15H14F3NO. The van der Waals surface area contributed by atoms with E-state index >= 15 is 0 Å². The molecule has 0 radical (unpaired) electrons. The highest BCUT2D eigenvalue weighted by Crippen LogP contribution is 2.35. The molecule has 0 saturated heterocycles. The fraction of sp³-hybridized carbons (Fsp3) is 0.200. The van der Waals surface area contributed by atoms with Gasteiger partial charge in [0, 0.05) is 11.6 Å². The van der Waals surface area contributed by atoms with Crippen molar-refractivity contribution in [2.24, 2.45) is 5.73 Å². The molecule has 0 bridgehead atoms. The molecule has 0 aliphatic rings. The van der Waals surface area contributed by atoms with Gasteiger partial charge in [0.1, 0.15) is 5.75 Å². The predicted octanol–water partition coefficient (Wildman–Crippen LogP) is 4.27. The zero-order valence-corrected chi connectivity index (χ0v) is 10.8. The van der Waals surface area contributed by atoms with E-state index in [1.165, 1.54) is 6.07 Å². The Bertz CT molecular complexity index is 579. The van der Waals surface area contributed by atoms with Crippen molar-refractivity contribution in [1.29, 1.82) is 0 Å². The average molecular weight is 281 g/mol. The lowest BCUT2D eigenvalue weighted by Gasteiger charge is -2.16. The average Bonchev–Trinajstić information content (AvgIpc) is 2.37. The van der Waals surface area contributed by atoms with Crippen LogP contribution < -0.4 is 10.5 Å². The second-order valence-corrected chi connectivity index (χ2v) is 4.46. The van der Waals surface area contributed by atoms with E-state index in [9.17, 15) is 13.2 Å². The van der Waals surface area contributed by atoms with E-state index < -0.39 is 6.36 Å². The molecule has 0 fully saturated rings. The maximum atomic E-state index is 12.5. The summed E-state index contributed by atoms with van der Waals surface area (Å²) in [6.45, 7) is 1.70. The van der Waals surface area contributed by atoms with Gasteiger partial charge in [-0.2, -0.15) is 0 Å². The number of hydrogen-bond donors (Lipinski definition) is 1. The first kappa shape index (κ1) is 14.4. The van der Waals surface area contributed by atoms with Gasteiger partial charge in [0.2, 0.25) is 0 Å². The highest BCUT2D eigenvalue weighted by molar-refractivity contribution is 5.71. The van der Waals surface area contributed by atoms with Gasteiger partial charge in [0.25, 0.3) is 0 Å². The van der Waals surface area contributed by atoms with E-state index in [0.717, 1.165) is 0 Å². The van der Waals surface area contributed by atoms with Crippen LogP contribution in [-0.4, -0.2) is 6.36 Å². The molecule has 0 aromatic heterocycles. The Morgan fingerprint density at radius 1 is 1.05 bits per heavy atom. The number of benzene rings is 2. The van der Waals surface area contributed by atoms with Gasteiger partial charge in [0.05, 0.1) is 0 Å². The minimum Gasteiger partial charge on any atom is -0.405 e. The van der Waals surface area contributed by atoms with Crippen molar-refractivity contribution >= 4 is 0 Å². The lowest BCUT2D eigenvalue weighted by Crippen LogP contribution is -2.18. The maximum Gasteiger partial charge on any atom is 0.573 e. The Labute approximate surface area is 115 Å². The van der Waals surface area contributed by atoms with Gasteiger partial charge in [-0.15, -0.1) is 13.2 Å². The van der Waals surface area contributed by atoms with Gasteiger partial charge in [-0.25, -0.2) is 0 Å². The number of alkyl halides is 3. The molecule has 0 saturated carbocycles. The van der Waals surface area contributed by atoms with E-state index in [2.05, 4.69) is 4.74 Å². The van der Waals surface area contributed by atoms with Crippen LogP contribution >= 0.6 is 0 Å². The third-order valence-corrected chi connectivity index (χ3v) is 2.84. The van der Waals surface area contributed by atoms with E-state index in [0.29, 0.717) is 16.7 Å². The minimum absolute atomic E-state index is 0.237. The van der Waals surface area contributed by atoms with Crippen LogP contribution in [0.1, 0.15) is 18.5 Å². The Morgan fingerprint density at radius 3 is 2.25 bits per heavy atom. The molecule has 5 heteroatoms. The van der Waals surface area contributed by atoms with Gasteiger partial charge < -0.3 is 10.5 Å². The van der Waals surface area contributed by atoms with Crippen molar-refractivity contribution in [1.82, 2.24) is 0 Å². The zero-order chi connectivity index (χ0) is 14.8. The fourth-order valence-electron chi connectivity index (χ4n) is 1.89. The quantitative estimate of drug-likeness (QED) is 0.911. The molecule has 2 aromatic carbocycles. The first-order chi connectivity index (χ1) is 9.37. The summed E-state index contributed by atoms with van der Waals surface area (Å²) in [4.78, 5) is 0. The first-order valence-corrected chi connectivity index (χ1v) is 6.07. The number of nitrogens with two attached hydrogens (primary N) is 1. The standard InChI is InChI=1S/C15H14F3NO/c1-10(19)12-7-8-13(11-5-3-2-4-6-11)14(9-12)20-15(16,17)18/h2-10H,19H2,1H3/t10-/m1/s1. The van der Waals surface area contributed by atoms with E-state index in [4.69, 9.17) is 5.73 Å². The van der Waals surface area contributed by atoms with Crippen LogP contribution in [0.25, 0.3) is 11.1 Å². The van der Waals surface area contributed by atoms with Gasteiger partial charge in [0.15, 0.2) is 0 Å². The molecule has 0 amide bonds. The Morgan fingerprint density at radius 2 is 1.70 bits per heavy atom. The van der Waals surface area contributed by atoms with Gasteiger partial charge >= 0.3 is 6.36 Å². The lowest BCUT2D eigenvalue weighted by molar-refractivity contribution is -0.274. The third kappa shape index (κ3) is 3.51. The molecular weight excluding hydrogens is 267 g/mol. The molecule has 0 aliphatic carbocycles. The van der Waals surface area contributed by atoms with E-state index in [1.807, 2.05) is 0 Å². The van der Waals surface area contributed by atoms with E-state index in [1.54, 1.807) is 49.4 Å². The van der Waals surface area contributed by atoms with Crippen LogP contribution in [0.2, 0.25) is 0 Å². The largest absolute Gasteiger partial charge is 0.573 e. The van der Waals surface area contributed by atoms with Crippen molar-refractivity contribution in [2.75, 3.05) is 0 Å². The molecule has 1 atom stereocenters. The molecule has 0 unspecified atom stereocenters. The van der Waals surface area contributed by atoms with Crippen molar-refractivity contribution in [3.63, 3.8) is 0 Å². The monoisotopic (exact) mass is 281 g/mol. The van der Waals surface area contributed by atoms with E-state index in [-0.39, 0.29) is 11.8 Å². The van der Waals surface area contributed by atoms with Crippen LogP contribution in [0.4, 0.5) is 13.2 Å². The van der Waals surface area contributed by atoms with Crippen LogP contribution in [0.15, 0.2) is 48.5 Å². The molecule has 2 nitrogen and oxygen atoms in total. The normalized spacial score (nSPS) is 13.1. The molecule has 2 N–H and O–H groups in total. The molecule has 2 rings (SSSR count). The summed E-state index contributed by atoms with van der Waals surface area (Å²) in [5.41, 5.74) is 7.32. The summed E-state index contributed by atoms with van der Waals surface area (Å²) in [6, 6.07) is 13.0. The molecule has 0 aliphatic heterocycles. The second kappa shape index (κ2) is 5.54. The van der Waals surface area contributed by atoms with Crippen molar-refractivity contribution in [3.8, 4) is 16.9 Å². The predicted molar refractivity (Wildman–Crippen MR) is 71.2 cm³/mol. The van der Waals surface area contributed by atoms with Crippen molar-refractivity contribution in [2.45, 2.75) is 19.3 Å².